The summed E-state index contributed by atoms with van der Waals surface area (Å²) in [6.07, 6.45) is 1.77. The quantitative estimate of drug-likeness (QED) is 0.461. The van der Waals surface area contributed by atoms with E-state index in [1.807, 2.05) is 43.3 Å². The average molecular weight is 426 g/mol. The molecule has 0 radical (unpaired) electrons. The third kappa shape index (κ3) is 3.33. The number of hydrogen-bond donors (Lipinski definition) is 2. The van der Waals surface area contributed by atoms with Crippen LogP contribution in [-0.2, 0) is 0 Å². The summed E-state index contributed by atoms with van der Waals surface area (Å²) in [5, 5.41) is 0.838. The number of aryl methyl sites for hydroxylation is 1. The summed E-state index contributed by atoms with van der Waals surface area (Å²) in [6.45, 7) is 1.82. The fourth-order valence-corrected chi connectivity index (χ4v) is 3.61. The second-order valence-corrected chi connectivity index (χ2v) is 7.30. The third-order valence-electron chi connectivity index (χ3n) is 5.19. The summed E-state index contributed by atoms with van der Waals surface area (Å²) in [6, 6.07) is 21.2. The fourth-order valence-electron chi connectivity index (χ4n) is 3.61. The van der Waals surface area contributed by atoms with Crippen LogP contribution in [0.3, 0.4) is 0 Å². The van der Waals surface area contributed by atoms with Gasteiger partial charge in [-0.2, -0.15) is 0 Å². The van der Waals surface area contributed by atoms with E-state index in [0.717, 1.165) is 25.6 Å². The summed E-state index contributed by atoms with van der Waals surface area (Å²) in [7, 11) is 0. The molecule has 3 aromatic carbocycles. The van der Waals surface area contributed by atoms with E-state index in [1.165, 1.54) is 0 Å². The molecule has 0 bridgehead atoms. The molecule has 2 N–H and O–H groups in total. The molecule has 0 saturated heterocycles. The molecule has 2 heterocycles. The second-order valence-electron chi connectivity index (χ2n) is 7.30. The molecule has 5 rings (SSSR count). The molecule has 0 spiro atoms. The first-order valence-corrected chi connectivity index (χ1v) is 9.91. The number of nitrogens with zero attached hydrogens (tertiary/aromatic N) is 2. The molecule has 8 nitrogen and oxygen atoms in total. The lowest BCUT2D eigenvalue weighted by Gasteiger charge is -2.12. The van der Waals surface area contributed by atoms with Crippen LogP contribution in [-0.4, -0.2) is 19.1 Å². The van der Waals surface area contributed by atoms with Crippen molar-refractivity contribution in [1.82, 2.24) is 19.1 Å². The highest BCUT2D eigenvalue weighted by molar-refractivity contribution is 5.81. The van der Waals surface area contributed by atoms with E-state index >= 15 is 0 Å². The van der Waals surface area contributed by atoms with Gasteiger partial charge < -0.3 is 9.72 Å². The van der Waals surface area contributed by atoms with Gasteiger partial charge in [0.25, 0.3) is 0 Å². The van der Waals surface area contributed by atoms with Gasteiger partial charge in [0.1, 0.15) is 11.5 Å². The van der Waals surface area contributed by atoms with Crippen molar-refractivity contribution in [2.45, 2.75) is 6.92 Å². The molecular formula is C24H18N4O4. The lowest BCUT2D eigenvalue weighted by atomic mass is 10.2. The predicted octanol–water partition coefficient (Wildman–Crippen LogP) is 3.26. The highest BCUT2D eigenvalue weighted by Gasteiger charge is 2.15. The van der Waals surface area contributed by atoms with E-state index in [9.17, 15) is 14.4 Å². The van der Waals surface area contributed by atoms with Crippen LogP contribution in [0.4, 0.5) is 0 Å². The monoisotopic (exact) mass is 426 g/mol. The van der Waals surface area contributed by atoms with Crippen molar-refractivity contribution in [1.29, 1.82) is 0 Å². The number of para-hydroxylation sites is 1. The maximum Gasteiger partial charge on any atom is 0.345 e. The Kier molecular flexibility index (Phi) is 4.59. The maximum absolute atomic E-state index is 13.2. The van der Waals surface area contributed by atoms with Gasteiger partial charge in [0.15, 0.2) is 0 Å². The maximum atomic E-state index is 13.2. The largest absolute Gasteiger partial charge is 0.457 e. The van der Waals surface area contributed by atoms with Gasteiger partial charge in [-0.3, -0.25) is 4.98 Å². The van der Waals surface area contributed by atoms with Gasteiger partial charge in [0.05, 0.1) is 11.4 Å². The van der Waals surface area contributed by atoms with E-state index < -0.39 is 17.1 Å². The Labute approximate surface area is 181 Å². The summed E-state index contributed by atoms with van der Waals surface area (Å²) in [4.78, 5) is 43.6. The zero-order chi connectivity index (χ0) is 22.2. The Morgan fingerprint density at radius 2 is 1.47 bits per heavy atom. The molecule has 0 aliphatic rings. The number of ether oxygens (including phenoxy) is 1. The summed E-state index contributed by atoms with van der Waals surface area (Å²) in [5.74, 6) is 1.27. The van der Waals surface area contributed by atoms with Crippen molar-refractivity contribution in [3.63, 3.8) is 0 Å². The normalized spacial score (nSPS) is 11.0. The first-order chi connectivity index (χ1) is 15.5. The Morgan fingerprint density at radius 3 is 2.19 bits per heavy atom. The van der Waals surface area contributed by atoms with Crippen LogP contribution in [0.15, 0.2) is 93.4 Å². The third-order valence-corrected chi connectivity index (χ3v) is 5.19. The number of nitrogens with one attached hydrogen (secondary N) is 2. The number of benzene rings is 3. The highest BCUT2D eigenvalue weighted by atomic mass is 16.5. The molecule has 32 heavy (non-hydrogen) atoms. The molecule has 0 atom stereocenters. The highest BCUT2D eigenvalue weighted by Crippen LogP contribution is 2.26. The minimum Gasteiger partial charge on any atom is -0.457 e. The molecule has 0 aliphatic heterocycles. The van der Waals surface area contributed by atoms with Crippen LogP contribution in [0.2, 0.25) is 0 Å². The van der Waals surface area contributed by atoms with E-state index in [-0.39, 0.29) is 0 Å². The minimum absolute atomic E-state index is 0.325. The van der Waals surface area contributed by atoms with Crippen LogP contribution in [0, 0.1) is 6.92 Å². The summed E-state index contributed by atoms with van der Waals surface area (Å²) < 4.78 is 7.75. The SMILES string of the molecule is Cc1cc(-n2c(=O)[nH]c(=O)n(-c3ccc4[nH]ccc4c3)c2=O)ccc1Oc1ccccc1. The number of aromatic amines is 2. The van der Waals surface area contributed by atoms with Crippen molar-refractivity contribution in [2.24, 2.45) is 0 Å². The Balaban J connectivity index is 1.62. The van der Waals surface area contributed by atoms with Gasteiger partial charge in [-0.05, 0) is 67.1 Å². The lowest BCUT2D eigenvalue weighted by molar-refractivity contribution is 0.478. The molecule has 2 aromatic heterocycles. The van der Waals surface area contributed by atoms with E-state index in [1.54, 1.807) is 42.6 Å². The van der Waals surface area contributed by atoms with E-state index in [2.05, 4.69) is 9.97 Å². The Hall–Kier alpha value is -4.59. The zero-order valence-electron chi connectivity index (χ0n) is 17.0. The number of aromatic nitrogens is 4. The van der Waals surface area contributed by atoms with Gasteiger partial charge in [0, 0.05) is 17.1 Å². The predicted molar refractivity (Wildman–Crippen MR) is 121 cm³/mol. The molecule has 0 amide bonds. The molecule has 0 unspecified atom stereocenters. The van der Waals surface area contributed by atoms with Gasteiger partial charge in [-0.25, -0.2) is 23.5 Å². The first kappa shape index (κ1) is 19.4. The average Bonchev–Trinajstić information content (AvgIpc) is 3.24. The van der Waals surface area contributed by atoms with E-state index in [4.69, 9.17) is 4.74 Å². The smallest absolute Gasteiger partial charge is 0.345 e. The molecule has 8 heteroatoms. The number of fused-ring (bicyclic) bond motifs is 1. The Morgan fingerprint density at radius 1 is 0.781 bits per heavy atom. The molecule has 0 saturated carbocycles. The van der Waals surface area contributed by atoms with E-state index in [0.29, 0.717) is 22.9 Å². The molecule has 5 aromatic rings. The molecule has 0 aliphatic carbocycles. The van der Waals surface area contributed by atoms with Gasteiger partial charge in [-0.15, -0.1) is 0 Å². The van der Waals surface area contributed by atoms with Gasteiger partial charge in [0.2, 0.25) is 0 Å². The fraction of sp³-hybridized carbons (Fsp3) is 0.0417. The molecule has 0 fully saturated rings. The lowest BCUT2D eigenvalue weighted by Crippen LogP contribution is -2.48. The topological polar surface area (TPSA) is 102 Å². The van der Waals surface area contributed by atoms with Crippen LogP contribution < -0.4 is 21.8 Å². The number of H-pyrrole nitrogens is 2. The summed E-state index contributed by atoms with van der Waals surface area (Å²) in [5.41, 5.74) is -0.0874. The van der Waals surface area contributed by atoms with Gasteiger partial charge in [-0.1, -0.05) is 18.2 Å². The van der Waals surface area contributed by atoms with Gasteiger partial charge >= 0.3 is 17.1 Å². The summed E-state index contributed by atoms with van der Waals surface area (Å²) >= 11 is 0. The van der Waals surface area contributed by atoms with Crippen molar-refractivity contribution in [3.8, 4) is 22.9 Å². The minimum atomic E-state index is -0.810. The molecule has 158 valence electrons. The van der Waals surface area contributed by atoms with Crippen molar-refractivity contribution < 1.29 is 4.74 Å². The van der Waals surface area contributed by atoms with Crippen LogP contribution in [0.25, 0.3) is 22.3 Å². The zero-order valence-corrected chi connectivity index (χ0v) is 17.0. The second kappa shape index (κ2) is 7.59. The van der Waals surface area contributed by atoms with Crippen LogP contribution >= 0.6 is 0 Å². The number of rotatable bonds is 4. The van der Waals surface area contributed by atoms with Crippen molar-refractivity contribution >= 4 is 10.9 Å². The Bertz CT molecular complexity index is 1620. The van der Waals surface area contributed by atoms with Crippen LogP contribution in [0.1, 0.15) is 5.56 Å². The number of hydrogen-bond acceptors (Lipinski definition) is 4. The standard InChI is InChI=1S/C24H18N4O4/c1-15-13-17(8-10-21(15)32-19-5-3-2-4-6-19)27-22(29)26-23(30)28(24(27)31)18-7-9-20-16(14-18)11-12-25-20/h2-14,25H,1H3,(H,26,29,30). The molecular weight excluding hydrogens is 408 g/mol. The van der Waals surface area contributed by atoms with Crippen molar-refractivity contribution in [2.75, 3.05) is 0 Å². The first-order valence-electron chi connectivity index (χ1n) is 9.91. The van der Waals surface area contributed by atoms with Crippen LogP contribution in [0.5, 0.6) is 11.5 Å². The van der Waals surface area contributed by atoms with Crippen molar-refractivity contribution in [3.05, 3.63) is 116 Å².